The number of hydrogen-bond acceptors (Lipinski definition) is 8. The third kappa shape index (κ3) is 3.42. The molecule has 0 aliphatic heterocycles. The van der Waals surface area contributed by atoms with Gasteiger partial charge in [0, 0.05) is 16.3 Å². The minimum absolute atomic E-state index is 0.0985. The minimum Gasteiger partial charge on any atom is -0.453 e. The monoisotopic (exact) mass is 385 g/mol. The summed E-state index contributed by atoms with van der Waals surface area (Å²) in [6.07, 6.45) is 0.495. The van der Waals surface area contributed by atoms with E-state index in [2.05, 4.69) is 15.2 Å². The summed E-state index contributed by atoms with van der Waals surface area (Å²) in [5.74, 6) is 0.957. The van der Waals surface area contributed by atoms with E-state index in [1.54, 1.807) is 11.3 Å². The van der Waals surface area contributed by atoms with E-state index in [4.69, 9.17) is 8.83 Å². The van der Waals surface area contributed by atoms with Crippen LogP contribution in [0.15, 0.2) is 43.7 Å². The zero-order chi connectivity index (χ0) is 18.1. The molecule has 0 spiro atoms. The van der Waals surface area contributed by atoms with E-state index in [-0.39, 0.29) is 11.5 Å². The lowest BCUT2D eigenvalue weighted by atomic mass is 10.1. The molecule has 0 fully saturated rings. The first-order valence-corrected chi connectivity index (χ1v) is 9.84. The Morgan fingerprint density at radius 2 is 2.04 bits per heavy atom. The minimum atomic E-state index is -0.0985. The molecule has 3 aromatic heterocycles. The number of ketones is 1. The van der Waals surface area contributed by atoms with Gasteiger partial charge in [0.05, 0.1) is 22.9 Å². The molecular formula is C18H15N3O3S2. The van der Waals surface area contributed by atoms with Gasteiger partial charge in [0.1, 0.15) is 5.58 Å². The molecule has 132 valence electrons. The van der Waals surface area contributed by atoms with Crippen molar-refractivity contribution in [3.05, 3.63) is 57.6 Å². The molecule has 26 heavy (non-hydrogen) atoms. The predicted molar refractivity (Wildman–Crippen MR) is 100.0 cm³/mol. The van der Waals surface area contributed by atoms with Crippen LogP contribution in [0.4, 0.5) is 0 Å². The fraction of sp³-hybridized carbons (Fsp3) is 0.222. The van der Waals surface area contributed by atoms with Crippen LogP contribution in [-0.2, 0) is 6.42 Å². The largest absolute Gasteiger partial charge is 0.453 e. The molecule has 0 bridgehead atoms. The first-order valence-electron chi connectivity index (χ1n) is 7.97. The number of carbonyl (C=O) groups excluding carboxylic acids is 1. The summed E-state index contributed by atoms with van der Waals surface area (Å²) >= 11 is 2.79. The number of fused-ring (bicyclic) bond motifs is 1. The molecule has 4 rings (SSSR count). The number of furan rings is 1. The zero-order valence-electron chi connectivity index (χ0n) is 14.2. The number of benzene rings is 1. The number of nitrogens with zero attached hydrogens (tertiary/aromatic N) is 3. The van der Waals surface area contributed by atoms with Crippen LogP contribution in [0.1, 0.15) is 32.7 Å². The van der Waals surface area contributed by atoms with Crippen molar-refractivity contribution in [2.45, 2.75) is 25.5 Å². The molecule has 0 unspecified atom stereocenters. The van der Waals surface area contributed by atoms with Gasteiger partial charge in [-0.25, -0.2) is 4.98 Å². The fourth-order valence-electron chi connectivity index (χ4n) is 2.65. The Morgan fingerprint density at radius 1 is 1.19 bits per heavy atom. The molecule has 8 heteroatoms. The average Bonchev–Trinajstić information content (AvgIpc) is 3.34. The van der Waals surface area contributed by atoms with Gasteiger partial charge in [-0.15, -0.1) is 21.5 Å². The Bertz CT molecular complexity index is 1080. The van der Waals surface area contributed by atoms with Crippen LogP contribution in [0.5, 0.6) is 0 Å². The molecule has 0 radical (unpaired) electrons. The number of thiazole rings is 1. The van der Waals surface area contributed by atoms with Crippen molar-refractivity contribution in [3.63, 3.8) is 0 Å². The fourth-order valence-corrected chi connectivity index (χ4v) is 3.90. The zero-order valence-corrected chi connectivity index (χ0v) is 15.8. The van der Waals surface area contributed by atoms with Crippen molar-refractivity contribution >= 4 is 39.9 Å². The van der Waals surface area contributed by atoms with Gasteiger partial charge >= 0.3 is 0 Å². The highest BCUT2D eigenvalue weighted by Gasteiger charge is 2.19. The molecule has 0 saturated heterocycles. The highest BCUT2D eigenvalue weighted by molar-refractivity contribution is 7.99. The standard InChI is InChI=1S/C18H15N3O3S2/c1-10-13-5-3-4-6-15(13)23-17(10)14(22)9-26-18-21-20-16(24-18)7-12-8-25-11(2)19-12/h3-6,8H,7,9H2,1-2H3. The van der Waals surface area contributed by atoms with Crippen LogP contribution in [-0.4, -0.2) is 26.7 Å². The van der Waals surface area contributed by atoms with E-state index in [1.165, 1.54) is 11.8 Å². The SMILES string of the molecule is Cc1nc(Cc2nnc(SCC(=O)c3oc4ccccc4c3C)o2)cs1. The summed E-state index contributed by atoms with van der Waals surface area (Å²) in [5.41, 5.74) is 2.48. The van der Waals surface area contributed by atoms with Crippen LogP contribution in [0.3, 0.4) is 0 Å². The molecule has 0 aliphatic carbocycles. The Morgan fingerprint density at radius 3 is 2.81 bits per heavy atom. The number of aromatic nitrogens is 3. The van der Waals surface area contributed by atoms with E-state index in [9.17, 15) is 4.79 Å². The quantitative estimate of drug-likeness (QED) is 0.358. The first kappa shape index (κ1) is 17.0. The molecule has 3 heterocycles. The van der Waals surface area contributed by atoms with E-state index in [0.29, 0.717) is 23.3 Å². The third-order valence-electron chi connectivity index (χ3n) is 3.87. The van der Waals surface area contributed by atoms with Crippen molar-refractivity contribution in [2.75, 3.05) is 5.75 Å². The van der Waals surface area contributed by atoms with Crippen LogP contribution >= 0.6 is 23.1 Å². The van der Waals surface area contributed by atoms with Gasteiger partial charge in [-0.3, -0.25) is 4.79 Å². The lowest BCUT2D eigenvalue weighted by Gasteiger charge is -1.96. The second kappa shape index (κ2) is 7.05. The Labute approximate surface area is 157 Å². The number of carbonyl (C=O) groups is 1. The molecule has 1 aromatic carbocycles. The molecule has 4 aromatic rings. The summed E-state index contributed by atoms with van der Waals surface area (Å²) in [4.78, 5) is 16.9. The van der Waals surface area contributed by atoms with Crippen LogP contribution in [0, 0.1) is 13.8 Å². The normalized spacial score (nSPS) is 11.3. The van der Waals surface area contributed by atoms with Crippen molar-refractivity contribution in [3.8, 4) is 0 Å². The lowest BCUT2D eigenvalue weighted by Crippen LogP contribution is -2.02. The van der Waals surface area contributed by atoms with Gasteiger partial charge in [0.15, 0.2) is 5.76 Å². The van der Waals surface area contributed by atoms with Crippen LogP contribution in [0.2, 0.25) is 0 Å². The number of hydrogen-bond donors (Lipinski definition) is 0. The molecule has 0 N–H and O–H groups in total. The van der Waals surface area contributed by atoms with Gasteiger partial charge < -0.3 is 8.83 Å². The Hall–Kier alpha value is -2.45. The van der Waals surface area contributed by atoms with E-state index >= 15 is 0 Å². The first-order chi connectivity index (χ1) is 12.6. The summed E-state index contributed by atoms with van der Waals surface area (Å²) in [6, 6.07) is 7.62. The van der Waals surface area contributed by atoms with Crippen molar-refractivity contribution in [2.24, 2.45) is 0 Å². The lowest BCUT2D eigenvalue weighted by molar-refractivity contribution is 0.0993. The van der Waals surface area contributed by atoms with Crippen LogP contribution in [0.25, 0.3) is 11.0 Å². The molecule has 0 atom stereocenters. The second-order valence-electron chi connectivity index (χ2n) is 5.76. The molecule has 6 nitrogen and oxygen atoms in total. The van der Waals surface area contributed by atoms with Gasteiger partial charge in [-0.1, -0.05) is 30.0 Å². The third-order valence-corrected chi connectivity index (χ3v) is 5.51. The predicted octanol–water partition coefficient (Wildman–Crippen LogP) is 4.45. The number of Topliss-reactive ketones (excluding diaryl/α,β-unsaturated/α-hetero) is 1. The Balaban J connectivity index is 1.42. The average molecular weight is 385 g/mol. The van der Waals surface area contributed by atoms with Crippen molar-refractivity contribution in [1.82, 2.24) is 15.2 Å². The van der Waals surface area contributed by atoms with Gasteiger partial charge in [-0.05, 0) is 19.9 Å². The molecule has 0 aliphatic rings. The van der Waals surface area contributed by atoms with E-state index in [0.717, 1.165) is 27.2 Å². The summed E-state index contributed by atoms with van der Waals surface area (Å²) in [7, 11) is 0. The maximum absolute atomic E-state index is 12.5. The van der Waals surface area contributed by atoms with Crippen LogP contribution < -0.4 is 0 Å². The smallest absolute Gasteiger partial charge is 0.277 e. The molecule has 0 amide bonds. The second-order valence-corrected chi connectivity index (χ2v) is 7.75. The maximum atomic E-state index is 12.5. The van der Waals surface area contributed by atoms with Crippen molar-refractivity contribution < 1.29 is 13.6 Å². The summed E-state index contributed by atoms with van der Waals surface area (Å²) in [5, 5.41) is 12.3. The molecule has 0 saturated carbocycles. The van der Waals surface area contributed by atoms with Crippen molar-refractivity contribution in [1.29, 1.82) is 0 Å². The number of para-hydroxylation sites is 1. The van der Waals surface area contributed by atoms with E-state index in [1.807, 2.05) is 43.5 Å². The number of thioether (sulfide) groups is 1. The van der Waals surface area contributed by atoms with E-state index < -0.39 is 0 Å². The van der Waals surface area contributed by atoms with Gasteiger partial charge in [0.2, 0.25) is 11.7 Å². The molecular weight excluding hydrogens is 370 g/mol. The summed E-state index contributed by atoms with van der Waals surface area (Å²) < 4.78 is 11.3. The number of aryl methyl sites for hydroxylation is 2. The highest BCUT2D eigenvalue weighted by Crippen LogP contribution is 2.27. The topological polar surface area (TPSA) is 82.0 Å². The maximum Gasteiger partial charge on any atom is 0.277 e. The Kier molecular flexibility index (Phi) is 4.60. The number of rotatable bonds is 6. The summed E-state index contributed by atoms with van der Waals surface area (Å²) in [6.45, 7) is 3.85. The highest BCUT2D eigenvalue weighted by atomic mass is 32.2. The van der Waals surface area contributed by atoms with Gasteiger partial charge in [0.25, 0.3) is 5.22 Å². The van der Waals surface area contributed by atoms with Gasteiger partial charge in [-0.2, -0.15) is 0 Å².